The van der Waals surface area contributed by atoms with Crippen molar-refractivity contribution in [2.75, 3.05) is 5.32 Å². The number of halogens is 2. The van der Waals surface area contributed by atoms with Gasteiger partial charge in [-0.15, -0.1) is 0 Å². The van der Waals surface area contributed by atoms with Crippen molar-refractivity contribution in [3.63, 3.8) is 0 Å². The number of rotatable bonds is 5. The first-order chi connectivity index (χ1) is 16.3. The van der Waals surface area contributed by atoms with Crippen molar-refractivity contribution >= 4 is 52.8 Å². The number of nitrogens with one attached hydrogen (secondary N) is 3. The molecule has 0 aliphatic carbocycles. The van der Waals surface area contributed by atoms with Gasteiger partial charge in [0.25, 0.3) is 17.7 Å². The van der Waals surface area contributed by atoms with Crippen LogP contribution in [0.5, 0.6) is 0 Å². The zero-order valence-electron chi connectivity index (χ0n) is 18.1. The number of fused-ring (bicyclic) bond motifs is 1. The van der Waals surface area contributed by atoms with E-state index in [1.165, 1.54) is 17.3 Å². The van der Waals surface area contributed by atoms with Crippen molar-refractivity contribution < 1.29 is 14.4 Å². The Balaban J connectivity index is 1.51. The number of amides is 3. The summed E-state index contributed by atoms with van der Waals surface area (Å²) in [5.74, 6) is -1.15. The van der Waals surface area contributed by atoms with Gasteiger partial charge in [0.05, 0.1) is 11.8 Å². The van der Waals surface area contributed by atoms with Gasteiger partial charge in [0, 0.05) is 28.0 Å². The van der Waals surface area contributed by atoms with Gasteiger partial charge in [0.1, 0.15) is 11.4 Å². The fraction of sp³-hybridized carbons (Fsp3) is 0.167. The van der Waals surface area contributed by atoms with Crippen molar-refractivity contribution in [1.29, 1.82) is 0 Å². The lowest BCUT2D eigenvalue weighted by Gasteiger charge is -2.39. The summed E-state index contributed by atoms with van der Waals surface area (Å²) >= 11 is 11.8. The van der Waals surface area contributed by atoms with Gasteiger partial charge in [0.2, 0.25) is 0 Å². The number of hydrazone groups is 1. The van der Waals surface area contributed by atoms with Crippen LogP contribution in [0.3, 0.4) is 0 Å². The molecule has 0 radical (unpaired) electrons. The molecule has 2 heterocycles. The maximum Gasteiger partial charge on any atom is 0.278 e. The molecule has 0 fully saturated rings. The van der Waals surface area contributed by atoms with Crippen LogP contribution in [-0.4, -0.2) is 34.9 Å². The summed E-state index contributed by atoms with van der Waals surface area (Å²) in [4.78, 5) is 40.2. The van der Waals surface area contributed by atoms with Gasteiger partial charge in [-0.1, -0.05) is 41.4 Å². The Morgan fingerprint density at radius 2 is 1.88 bits per heavy atom. The number of carbonyl (C=O) groups is 3. The van der Waals surface area contributed by atoms with Crippen LogP contribution in [0.4, 0.5) is 5.69 Å². The molecule has 34 heavy (non-hydrogen) atoms. The van der Waals surface area contributed by atoms with E-state index in [2.05, 4.69) is 21.2 Å². The zero-order valence-corrected chi connectivity index (χ0v) is 19.7. The normalized spacial score (nSPS) is 17.7. The van der Waals surface area contributed by atoms with Crippen molar-refractivity contribution in [1.82, 2.24) is 15.6 Å². The van der Waals surface area contributed by atoms with E-state index in [4.69, 9.17) is 23.2 Å². The highest BCUT2D eigenvalue weighted by Crippen LogP contribution is 2.30. The van der Waals surface area contributed by atoms with E-state index in [1.807, 2.05) is 6.92 Å². The Morgan fingerprint density at radius 3 is 2.62 bits per heavy atom. The Hall–Kier alpha value is -3.62. The van der Waals surface area contributed by atoms with Gasteiger partial charge in [0.15, 0.2) is 0 Å². The Bertz CT molecular complexity index is 1240. The van der Waals surface area contributed by atoms with Gasteiger partial charge in [-0.3, -0.25) is 19.3 Å². The first kappa shape index (κ1) is 23.5. The van der Waals surface area contributed by atoms with Crippen LogP contribution in [0.25, 0.3) is 0 Å². The fourth-order valence-electron chi connectivity index (χ4n) is 3.69. The highest BCUT2D eigenvalue weighted by atomic mass is 35.5. The lowest BCUT2D eigenvalue weighted by atomic mass is 9.96. The lowest BCUT2D eigenvalue weighted by Crippen LogP contribution is -2.51. The molecule has 0 bridgehead atoms. The van der Waals surface area contributed by atoms with Gasteiger partial charge in [-0.05, 0) is 55.7 Å². The van der Waals surface area contributed by atoms with Crippen molar-refractivity contribution in [2.45, 2.75) is 25.8 Å². The summed E-state index contributed by atoms with van der Waals surface area (Å²) in [6.07, 6.45) is 3.79. The van der Waals surface area contributed by atoms with Gasteiger partial charge in [-0.25, -0.2) is 5.43 Å². The summed E-state index contributed by atoms with van der Waals surface area (Å²) in [6.45, 7) is 1.87. The molecule has 2 aliphatic heterocycles. The largest absolute Gasteiger partial charge is 0.347 e. The second-order valence-corrected chi connectivity index (χ2v) is 8.68. The monoisotopic (exact) mass is 497 g/mol. The average molecular weight is 498 g/mol. The maximum absolute atomic E-state index is 13.2. The second kappa shape index (κ2) is 10.1. The maximum atomic E-state index is 13.2. The Labute approximate surface area is 206 Å². The topological polar surface area (TPSA) is 103 Å². The van der Waals surface area contributed by atoms with E-state index in [-0.39, 0.29) is 17.5 Å². The molecule has 8 nitrogen and oxygen atoms in total. The summed E-state index contributed by atoms with van der Waals surface area (Å²) in [5.41, 5.74) is 3.95. The minimum absolute atomic E-state index is 0.111. The number of nitrogens with zero attached hydrogens (tertiary/aromatic N) is 2. The van der Waals surface area contributed by atoms with Gasteiger partial charge < -0.3 is 10.6 Å². The molecule has 1 unspecified atom stereocenters. The molecule has 2 aromatic carbocycles. The third kappa shape index (κ3) is 5.13. The predicted molar refractivity (Wildman–Crippen MR) is 131 cm³/mol. The molecule has 0 spiro atoms. The molecule has 3 amide bonds. The summed E-state index contributed by atoms with van der Waals surface area (Å²) in [5, 5.41) is 10.8. The van der Waals surface area contributed by atoms with E-state index < -0.39 is 11.8 Å². The summed E-state index contributed by atoms with van der Waals surface area (Å²) in [6, 6.07) is 13.5. The summed E-state index contributed by atoms with van der Waals surface area (Å²) in [7, 11) is 0. The van der Waals surface area contributed by atoms with Crippen molar-refractivity contribution in [2.24, 2.45) is 5.10 Å². The second-order valence-electron chi connectivity index (χ2n) is 7.81. The molecular weight excluding hydrogens is 477 g/mol. The van der Waals surface area contributed by atoms with Crippen LogP contribution in [0.15, 0.2) is 76.8 Å². The van der Waals surface area contributed by atoms with E-state index in [1.54, 1.807) is 48.5 Å². The van der Waals surface area contributed by atoms with E-state index in [0.29, 0.717) is 40.0 Å². The molecule has 2 aromatic rings. The molecule has 0 aromatic heterocycles. The van der Waals surface area contributed by atoms with E-state index in [9.17, 15) is 14.4 Å². The lowest BCUT2D eigenvalue weighted by molar-refractivity contribution is -0.131. The van der Waals surface area contributed by atoms with Crippen LogP contribution in [0, 0.1) is 0 Å². The molecule has 2 aliphatic rings. The van der Waals surface area contributed by atoms with Crippen LogP contribution in [-0.2, 0) is 14.4 Å². The Morgan fingerprint density at radius 1 is 1.12 bits per heavy atom. The molecule has 4 rings (SSSR count). The molecule has 1 atom stereocenters. The number of benzene rings is 2. The van der Waals surface area contributed by atoms with Crippen molar-refractivity contribution in [3.8, 4) is 0 Å². The third-order valence-electron chi connectivity index (χ3n) is 5.43. The molecule has 10 heteroatoms. The zero-order chi connectivity index (χ0) is 24.2. The van der Waals surface area contributed by atoms with Gasteiger partial charge >= 0.3 is 0 Å². The minimum atomic E-state index is -0.663. The van der Waals surface area contributed by atoms with Crippen LogP contribution >= 0.6 is 23.2 Å². The number of hydrogen-bond acceptors (Lipinski definition) is 5. The first-order valence-corrected chi connectivity index (χ1v) is 11.3. The van der Waals surface area contributed by atoms with Gasteiger partial charge in [-0.2, -0.15) is 5.10 Å². The molecule has 0 saturated carbocycles. The predicted octanol–water partition coefficient (Wildman–Crippen LogP) is 3.79. The van der Waals surface area contributed by atoms with E-state index >= 15 is 0 Å². The highest BCUT2D eigenvalue weighted by Gasteiger charge is 2.38. The standard InChI is InChI=1S/C24H21Cl2N5O3/c1-14-5-10-19(22(32)29-18-4-2-3-17(26)11-18)21-27-13-20(24(34)31(14)21)23(33)30-28-12-15-6-8-16(25)9-7-15/h2-4,6-9,11-14,27H,5,10H2,1H3,(H,29,32)(H,30,33)/b28-12+. The fourth-order valence-corrected chi connectivity index (χ4v) is 4.00. The highest BCUT2D eigenvalue weighted by molar-refractivity contribution is 6.31. The molecule has 174 valence electrons. The smallest absolute Gasteiger partial charge is 0.278 e. The number of anilines is 1. The molecule has 0 saturated heterocycles. The third-order valence-corrected chi connectivity index (χ3v) is 5.92. The van der Waals surface area contributed by atoms with E-state index in [0.717, 1.165) is 5.56 Å². The Kier molecular flexibility index (Phi) is 7.00. The van der Waals surface area contributed by atoms with Crippen LogP contribution < -0.4 is 16.1 Å². The van der Waals surface area contributed by atoms with Crippen LogP contribution in [0.2, 0.25) is 10.0 Å². The minimum Gasteiger partial charge on any atom is -0.347 e. The molecular formula is C24H21Cl2N5O3. The number of carbonyl (C=O) groups excluding carboxylic acids is 3. The number of hydrogen-bond donors (Lipinski definition) is 3. The summed E-state index contributed by atoms with van der Waals surface area (Å²) < 4.78 is 0. The molecule has 3 N–H and O–H groups in total. The quantitative estimate of drug-likeness (QED) is 0.332. The average Bonchev–Trinajstić information content (AvgIpc) is 2.80. The van der Waals surface area contributed by atoms with Crippen molar-refractivity contribution in [3.05, 3.63) is 87.3 Å². The SMILES string of the molecule is CC1CCC(C(=O)Nc2cccc(Cl)c2)=C2NC=C(C(=O)N/N=C/c3ccc(Cl)cc3)C(=O)N21. The first-order valence-electron chi connectivity index (χ1n) is 10.5. The van der Waals surface area contributed by atoms with Crippen LogP contribution in [0.1, 0.15) is 25.3 Å².